The van der Waals surface area contributed by atoms with Crippen molar-refractivity contribution < 1.29 is 24.5 Å². The fourth-order valence-corrected chi connectivity index (χ4v) is 9.39. The highest BCUT2D eigenvalue weighted by atomic mass is 16.5. The van der Waals surface area contributed by atoms with Crippen LogP contribution in [0.25, 0.3) is 0 Å². The van der Waals surface area contributed by atoms with Gasteiger partial charge in [0.25, 0.3) is 0 Å². The van der Waals surface area contributed by atoms with Gasteiger partial charge in [0.05, 0.1) is 25.4 Å². The van der Waals surface area contributed by atoms with Gasteiger partial charge in [-0.25, -0.2) is 0 Å². The van der Waals surface area contributed by atoms with Gasteiger partial charge in [0.15, 0.2) is 0 Å². The number of carbonyl (C=O) groups is 2. The summed E-state index contributed by atoms with van der Waals surface area (Å²) in [5.41, 5.74) is 0. The van der Waals surface area contributed by atoms with Gasteiger partial charge in [0, 0.05) is 12.8 Å². The maximum absolute atomic E-state index is 12.5. The van der Waals surface area contributed by atoms with Gasteiger partial charge < -0.3 is 20.3 Å². The van der Waals surface area contributed by atoms with Crippen molar-refractivity contribution in [2.45, 2.75) is 334 Å². The van der Waals surface area contributed by atoms with E-state index >= 15 is 0 Å². The molecule has 1 amide bonds. The molecule has 0 spiro atoms. The van der Waals surface area contributed by atoms with E-state index < -0.39 is 12.1 Å². The van der Waals surface area contributed by atoms with E-state index in [2.05, 4.69) is 67.8 Å². The molecule has 0 aliphatic heterocycles. The lowest BCUT2D eigenvalue weighted by Crippen LogP contribution is -2.45. The minimum absolute atomic E-state index is 0.00666. The molecule has 0 fully saturated rings. The molecule has 0 radical (unpaired) electrons. The Kier molecular flexibility index (Phi) is 59.0. The molecule has 3 N–H and O–H groups in total. The van der Waals surface area contributed by atoms with Crippen LogP contribution in [0.15, 0.2) is 60.8 Å². The summed E-state index contributed by atoms with van der Waals surface area (Å²) in [6.45, 7) is 4.86. The zero-order valence-corrected chi connectivity index (χ0v) is 47.9. The topological polar surface area (TPSA) is 95.9 Å². The summed E-state index contributed by atoms with van der Waals surface area (Å²) in [5, 5.41) is 23.1. The van der Waals surface area contributed by atoms with E-state index in [1.165, 1.54) is 238 Å². The van der Waals surface area contributed by atoms with Crippen LogP contribution in [0.5, 0.6) is 0 Å². The second kappa shape index (κ2) is 61.1. The number of allylic oxidation sites excluding steroid dienone is 9. The summed E-state index contributed by atoms with van der Waals surface area (Å²) in [6.07, 6.45) is 79.7. The highest BCUT2D eigenvalue weighted by molar-refractivity contribution is 5.76. The van der Waals surface area contributed by atoms with Gasteiger partial charge in [-0.3, -0.25) is 9.59 Å². The standard InChI is InChI=1S/C66H121NO5/c1-3-5-7-9-11-13-15-17-19-31-34-38-42-46-50-54-58-64(69)63(62-68)67-65(70)59-55-51-47-43-39-35-32-29-27-25-23-21-20-22-24-26-28-30-33-37-41-45-49-53-57-61-72-66(71)60-56-52-48-44-40-36-18-16-14-12-10-8-6-4-2/h10,12,16,18,21-24,54,58,63-64,68-69H,3-9,11,13-15,17,19-20,25-53,55-57,59-62H2,1-2H3,(H,67,70)/b12-10-,18-16-,23-21-,24-22-,58-54+. The lowest BCUT2D eigenvalue weighted by atomic mass is 10.0. The normalized spacial score (nSPS) is 13.0. The van der Waals surface area contributed by atoms with Crippen LogP contribution >= 0.6 is 0 Å². The molecule has 6 heteroatoms. The highest BCUT2D eigenvalue weighted by Gasteiger charge is 2.18. The number of rotatable bonds is 58. The van der Waals surface area contributed by atoms with Crippen molar-refractivity contribution in [3.63, 3.8) is 0 Å². The molecule has 0 aromatic carbocycles. The number of carbonyl (C=O) groups excluding carboxylic acids is 2. The van der Waals surface area contributed by atoms with Crippen LogP contribution in [0.1, 0.15) is 322 Å². The minimum Gasteiger partial charge on any atom is -0.466 e. The maximum atomic E-state index is 12.5. The van der Waals surface area contributed by atoms with Crippen LogP contribution in [0.3, 0.4) is 0 Å². The first kappa shape index (κ1) is 69.6. The number of nitrogens with one attached hydrogen (secondary N) is 1. The molecule has 0 saturated carbocycles. The Morgan fingerprint density at radius 1 is 0.389 bits per heavy atom. The van der Waals surface area contributed by atoms with E-state index in [-0.39, 0.29) is 18.5 Å². The first-order chi connectivity index (χ1) is 35.5. The van der Waals surface area contributed by atoms with Crippen LogP contribution in [0, 0.1) is 0 Å². The SMILES string of the molecule is CCCC/C=C\C/C=C\CCCCCCCC(=O)OCCCCCCCCCCC/C=C\C/C=C\CCCCCCCCCCCC(=O)NC(CO)C(O)/C=C/CCCCCCCCCCCCCCCC. The van der Waals surface area contributed by atoms with Crippen molar-refractivity contribution in [1.29, 1.82) is 0 Å². The van der Waals surface area contributed by atoms with Crippen molar-refractivity contribution in [3.05, 3.63) is 60.8 Å². The Bertz CT molecular complexity index is 1250. The molecule has 0 aromatic rings. The van der Waals surface area contributed by atoms with E-state index in [1.54, 1.807) is 6.08 Å². The Morgan fingerprint density at radius 3 is 1.10 bits per heavy atom. The van der Waals surface area contributed by atoms with Gasteiger partial charge in [-0.05, 0) is 89.9 Å². The van der Waals surface area contributed by atoms with Crippen molar-refractivity contribution in [2.75, 3.05) is 13.2 Å². The summed E-state index contributed by atoms with van der Waals surface area (Å²) in [5.74, 6) is -0.0804. The van der Waals surface area contributed by atoms with Crippen LogP contribution in [0.4, 0.5) is 0 Å². The maximum Gasteiger partial charge on any atom is 0.305 e. The fourth-order valence-electron chi connectivity index (χ4n) is 9.39. The van der Waals surface area contributed by atoms with Crippen LogP contribution in [0.2, 0.25) is 0 Å². The van der Waals surface area contributed by atoms with Crippen molar-refractivity contribution in [3.8, 4) is 0 Å². The Hall–Kier alpha value is -2.44. The lowest BCUT2D eigenvalue weighted by Gasteiger charge is -2.20. The third kappa shape index (κ3) is 56.8. The lowest BCUT2D eigenvalue weighted by molar-refractivity contribution is -0.143. The third-order valence-corrected chi connectivity index (χ3v) is 14.3. The van der Waals surface area contributed by atoms with E-state index in [9.17, 15) is 19.8 Å². The summed E-state index contributed by atoms with van der Waals surface area (Å²) in [7, 11) is 0. The van der Waals surface area contributed by atoms with Gasteiger partial charge in [0.1, 0.15) is 0 Å². The average molecular weight is 1010 g/mol. The predicted molar refractivity (Wildman–Crippen MR) is 315 cm³/mol. The molecule has 0 saturated heterocycles. The van der Waals surface area contributed by atoms with E-state index in [0.29, 0.717) is 19.4 Å². The molecule has 420 valence electrons. The molecule has 2 atom stereocenters. The second-order valence-corrected chi connectivity index (χ2v) is 21.4. The second-order valence-electron chi connectivity index (χ2n) is 21.4. The molecule has 0 aromatic heterocycles. The van der Waals surface area contributed by atoms with Crippen molar-refractivity contribution in [2.24, 2.45) is 0 Å². The Balaban J connectivity index is 3.47. The third-order valence-electron chi connectivity index (χ3n) is 14.3. The molecule has 2 unspecified atom stereocenters. The van der Waals surface area contributed by atoms with Gasteiger partial charge in [-0.1, -0.05) is 280 Å². The molecule has 0 rings (SSSR count). The Labute approximate surface area is 448 Å². The average Bonchev–Trinajstić information content (AvgIpc) is 3.38. The van der Waals surface area contributed by atoms with E-state index in [0.717, 1.165) is 57.8 Å². The predicted octanol–water partition coefficient (Wildman–Crippen LogP) is 19.9. The molecular weight excluding hydrogens is 887 g/mol. The van der Waals surface area contributed by atoms with Crippen molar-refractivity contribution >= 4 is 11.9 Å². The van der Waals surface area contributed by atoms with E-state index in [1.807, 2.05) is 6.08 Å². The Morgan fingerprint density at radius 2 is 0.708 bits per heavy atom. The summed E-state index contributed by atoms with van der Waals surface area (Å²) in [6, 6.07) is -0.634. The van der Waals surface area contributed by atoms with Gasteiger partial charge in [-0.2, -0.15) is 0 Å². The molecule has 0 heterocycles. The zero-order valence-electron chi connectivity index (χ0n) is 47.9. The number of unbranched alkanes of at least 4 members (excludes halogenated alkanes) is 39. The number of hydrogen-bond donors (Lipinski definition) is 3. The van der Waals surface area contributed by atoms with Gasteiger partial charge in [-0.15, -0.1) is 0 Å². The van der Waals surface area contributed by atoms with Crippen molar-refractivity contribution in [1.82, 2.24) is 5.32 Å². The van der Waals surface area contributed by atoms with Crippen LogP contribution in [-0.2, 0) is 14.3 Å². The monoisotopic (exact) mass is 1010 g/mol. The number of ether oxygens (including phenoxy) is 1. The summed E-state index contributed by atoms with van der Waals surface area (Å²) < 4.78 is 5.47. The first-order valence-corrected chi connectivity index (χ1v) is 31.6. The number of aliphatic hydroxyl groups is 2. The summed E-state index contributed by atoms with van der Waals surface area (Å²) in [4.78, 5) is 24.5. The van der Waals surface area contributed by atoms with Crippen LogP contribution in [-0.4, -0.2) is 47.4 Å². The molecular formula is C66H121NO5. The van der Waals surface area contributed by atoms with Crippen LogP contribution < -0.4 is 5.32 Å². The molecule has 0 bridgehead atoms. The number of aliphatic hydroxyl groups excluding tert-OH is 2. The quantitative estimate of drug-likeness (QED) is 0.0320. The minimum atomic E-state index is -0.850. The highest BCUT2D eigenvalue weighted by Crippen LogP contribution is 2.16. The summed E-state index contributed by atoms with van der Waals surface area (Å²) >= 11 is 0. The number of hydrogen-bond acceptors (Lipinski definition) is 5. The number of esters is 1. The van der Waals surface area contributed by atoms with Gasteiger partial charge >= 0.3 is 5.97 Å². The first-order valence-electron chi connectivity index (χ1n) is 31.6. The molecule has 0 aliphatic carbocycles. The fraction of sp³-hybridized carbons (Fsp3) is 0.818. The molecule has 6 nitrogen and oxygen atoms in total. The molecule has 0 aliphatic rings. The molecule has 72 heavy (non-hydrogen) atoms. The zero-order chi connectivity index (χ0) is 52.2. The smallest absolute Gasteiger partial charge is 0.305 e. The number of amides is 1. The largest absolute Gasteiger partial charge is 0.466 e. The van der Waals surface area contributed by atoms with Gasteiger partial charge in [0.2, 0.25) is 5.91 Å². The van der Waals surface area contributed by atoms with E-state index in [4.69, 9.17) is 4.74 Å².